The van der Waals surface area contributed by atoms with Gasteiger partial charge in [-0.15, -0.1) is 0 Å². The number of hydrogen-bond acceptors (Lipinski definition) is 6. The number of esters is 1. The molecule has 0 saturated carbocycles. The summed E-state index contributed by atoms with van der Waals surface area (Å²) in [6.45, 7) is 1.32. The Labute approximate surface area is 181 Å². The van der Waals surface area contributed by atoms with Crippen molar-refractivity contribution in [2.24, 2.45) is 0 Å². The second-order valence-corrected chi connectivity index (χ2v) is 8.77. The quantitative estimate of drug-likeness (QED) is 0.0518. The SMILES string of the molecule is CCCCCCCCC=CCCCCCCCC(=O)OC[C@H](COP(=O)(O)O)OO. The van der Waals surface area contributed by atoms with E-state index >= 15 is 0 Å². The molecule has 0 aromatic carbocycles. The molecule has 0 aliphatic carbocycles. The third-order valence-corrected chi connectivity index (χ3v) is 5.14. The van der Waals surface area contributed by atoms with E-state index in [2.05, 4.69) is 28.5 Å². The third kappa shape index (κ3) is 21.9. The average molecular weight is 453 g/mol. The number of unbranched alkanes of at least 4 members (excludes halogenated alkanes) is 11. The Kier molecular flexibility index (Phi) is 19.6. The zero-order chi connectivity index (χ0) is 22.5. The van der Waals surface area contributed by atoms with Crippen molar-refractivity contribution in [2.75, 3.05) is 13.2 Å². The first-order valence-electron chi connectivity index (χ1n) is 11.2. The third-order valence-electron chi connectivity index (χ3n) is 4.65. The first-order chi connectivity index (χ1) is 14.4. The Bertz CT molecular complexity index is 478. The van der Waals surface area contributed by atoms with E-state index in [0.29, 0.717) is 0 Å². The van der Waals surface area contributed by atoms with Gasteiger partial charge in [-0.3, -0.25) is 14.6 Å². The molecule has 0 radical (unpaired) electrons. The van der Waals surface area contributed by atoms with E-state index in [4.69, 9.17) is 19.8 Å². The molecule has 3 N–H and O–H groups in total. The highest BCUT2D eigenvalue weighted by Crippen LogP contribution is 2.35. The van der Waals surface area contributed by atoms with Crippen LogP contribution in [0.4, 0.5) is 0 Å². The van der Waals surface area contributed by atoms with Crippen molar-refractivity contribution in [1.82, 2.24) is 0 Å². The van der Waals surface area contributed by atoms with E-state index in [1.54, 1.807) is 0 Å². The summed E-state index contributed by atoms with van der Waals surface area (Å²) < 4.78 is 19.7. The summed E-state index contributed by atoms with van der Waals surface area (Å²) in [6, 6.07) is 0. The molecule has 9 heteroatoms. The molecule has 1 atom stereocenters. The summed E-state index contributed by atoms with van der Waals surface area (Å²) in [5, 5.41) is 8.62. The van der Waals surface area contributed by atoms with E-state index in [1.165, 1.54) is 44.9 Å². The van der Waals surface area contributed by atoms with Crippen LogP contribution in [0.25, 0.3) is 0 Å². The molecule has 0 aromatic heterocycles. The first kappa shape index (κ1) is 29.2. The maximum atomic E-state index is 11.6. The number of ether oxygens (including phenoxy) is 1. The fraction of sp³-hybridized carbons (Fsp3) is 0.857. The smallest absolute Gasteiger partial charge is 0.463 e. The van der Waals surface area contributed by atoms with E-state index < -0.39 is 26.5 Å². The monoisotopic (exact) mass is 452 g/mol. The van der Waals surface area contributed by atoms with Crippen molar-refractivity contribution in [3.05, 3.63) is 12.2 Å². The van der Waals surface area contributed by atoms with Crippen LogP contribution in [0.5, 0.6) is 0 Å². The minimum atomic E-state index is -4.66. The minimum absolute atomic E-state index is 0.260. The van der Waals surface area contributed by atoms with Gasteiger partial charge in [-0.1, -0.05) is 70.4 Å². The Morgan fingerprint density at radius 3 is 1.93 bits per heavy atom. The van der Waals surface area contributed by atoms with Crippen molar-refractivity contribution in [1.29, 1.82) is 0 Å². The van der Waals surface area contributed by atoms with Gasteiger partial charge in [0.05, 0.1) is 6.61 Å². The number of carbonyl (C=O) groups excluding carboxylic acids is 1. The molecule has 0 rings (SSSR count). The fourth-order valence-corrected chi connectivity index (χ4v) is 3.25. The van der Waals surface area contributed by atoms with Gasteiger partial charge in [0.15, 0.2) is 6.10 Å². The Balaban J connectivity index is 3.47. The highest BCUT2D eigenvalue weighted by atomic mass is 31.2. The highest BCUT2D eigenvalue weighted by Gasteiger charge is 2.20. The van der Waals surface area contributed by atoms with Gasteiger partial charge >= 0.3 is 13.8 Å². The van der Waals surface area contributed by atoms with Crippen LogP contribution in [-0.4, -0.2) is 40.3 Å². The van der Waals surface area contributed by atoms with Crippen molar-refractivity contribution >= 4 is 13.8 Å². The summed E-state index contributed by atoms with van der Waals surface area (Å²) in [7, 11) is -4.66. The molecule has 0 aliphatic rings. The Morgan fingerprint density at radius 2 is 1.40 bits per heavy atom. The topological polar surface area (TPSA) is 123 Å². The van der Waals surface area contributed by atoms with Gasteiger partial charge in [-0.05, 0) is 32.1 Å². The summed E-state index contributed by atoms with van der Waals surface area (Å²) in [5.41, 5.74) is 0. The van der Waals surface area contributed by atoms with Crippen molar-refractivity contribution < 1.29 is 38.6 Å². The van der Waals surface area contributed by atoms with Crippen molar-refractivity contribution in [2.45, 2.75) is 103 Å². The van der Waals surface area contributed by atoms with Gasteiger partial charge in [0, 0.05) is 6.42 Å². The molecule has 0 aromatic rings. The normalized spacial score (nSPS) is 13.1. The molecule has 0 spiro atoms. The molecule has 0 heterocycles. The standard InChI is InChI=1S/C21H41O8P/c1-2-3-4-5-6-7-8-9-10-11-12-13-14-15-16-17-21(22)27-18-20(29-23)19-28-30(24,25)26/h9-10,20,23H,2-8,11-19H2,1H3,(H2,24,25,26)/t20-/m1/s1. The lowest BCUT2D eigenvalue weighted by molar-refractivity contribution is -0.290. The Hall–Kier alpha value is -0.760. The number of allylic oxidation sites excluding steroid dienone is 2. The zero-order valence-electron chi connectivity index (χ0n) is 18.4. The van der Waals surface area contributed by atoms with Crippen LogP contribution in [0.15, 0.2) is 12.2 Å². The number of carbonyl (C=O) groups is 1. The van der Waals surface area contributed by atoms with Crippen LogP contribution >= 0.6 is 7.82 Å². The fourth-order valence-electron chi connectivity index (χ4n) is 2.89. The molecule has 0 saturated heterocycles. The number of phosphoric acid groups is 1. The van der Waals surface area contributed by atoms with E-state index in [1.807, 2.05) is 0 Å². The molecule has 0 bridgehead atoms. The van der Waals surface area contributed by atoms with Crippen LogP contribution in [0.3, 0.4) is 0 Å². The molecule has 0 unspecified atom stereocenters. The maximum Gasteiger partial charge on any atom is 0.469 e. The van der Waals surface area contributed by atoms with Crippen LogP contribution in [0.1, 0.15) is 96.8 Å². The lowest BCUT2D eigenvalue weighted by Gasteiger charge is -2.14. The van der Waals surface area contributed by atoms with Gasteiger partial charge in [-0.2, -0.15) is 0 Å². The van der Waals surface area contributed by atoms with E-state index in [9.17, 15) is 9.36 Å². The predicted octanol–water partition coefficient (Wildman–Crippen LogP) is 5.53. The van der Waals surface area contributed by atoms with Crippen LogP contribution in [0, 0.1) is 0 Å². The minimum Gasteiger partial charge on any atom is -0.463 e. The lowest BCUT2D eigenvalue weighted by Crippen LogP contribution is -2.25. The lowest BCUT2D eigenvalue weighted by atomic mass is 10.1. The second kappa shape index (κ2) is 20.2. The van der Waals surface area contributed by atoms with Gasteiger partial charge in [0.1, 0.15) is 6.61 Å². The van der Waals surface area contributed by atoms with Gasteiger partial charge < -0.3 is 14.5 Å². The number of rotatable bonds is 21. The molecule has 178 valence electrons. The molecular weight excluding hydrogens is 411 g/mol. The Morgan fingerprint density at radius 1 is 0.867 bits per heavy atom. The van der Waals surface area contributed by atoms with Gasteiger partial charge in [0.25, 0.3) is 0 Å². The molecular formula is C21H41O8P. The number of phosphoric ester groups is 1. The molecule has 0 amide bonds. The zero-order valence-corrected chi connectivity index (χ0v) is 19.3. The van der Waals surface area contributed by atoms with E-state index in [0.717, 1.165) is 38.5 Å². The molecule has 0 fully saturated rings. The highest BCUT2D eigenvalue weighted by molar-refractivity contribution is 7.46. The summed E-state index contributed by atoms with van der Waals surface area (Å²) in [4.78, 5) is 32.8. The van der Waals surface area contributed by atoms with Crippen LogP contribution in [-0.2, 0) is 23.5 Å². The molecule has 8 nitrogen and oxygen atoms in total. The van der Waals surface area contributed by atoms with Crippen LogP contribution < -0.4 is 0 Å². The van der Waals surface area contributed by atoms with Crippen molar-refractivity contribution in [3.8, 4) is 0 Å². The molecule has 0 aliphatic heterocycles. The van der Waals surface area contributed by atoms with Gasteiger partial charge in [-0.25, -0.2) is 9.45 Å². The van der Waals surface area contributed by atoms with Gasteiger partial charge in [0.2, 0.25) is 0 Å². The predicted molar refractivity (Wildman–Crippen MR) is 116 cm³/mol. The maximum absolute atomic E-state index is 11.6. The van der Waals surface area contributed by atoms with E-state index in [-0.39, 0.29) is 13.0 Å². The first-order valence-corrected chi connectivity index (χ1v) is 12.7. The number of hydrogen-bond donors (Lipinski definition) is 3. The van der Waals surface area contributed by atoms with Crippen LogP contribution in [0.2, 0.25) is 0 Å². The largest absolute Gasteiger partial charge is 0.469 e. The van der Waals surface area contributed by atoms with Crippen molar-refractivity contribution in [3.63, 3.8) is 0 Å². The summed E-state index contributed by atoms with van der Waals surface area (Å²) in [5.74, 6) is -0.439. The average Bonchev–Trinajstić information content (AvgIpc) is 2.70. The molecule has 30 heavy (non-hydrogen) atoms. The summed E-state index contributed by atoms with van der Waals surface area (Å²) in [6.07, 6.45) is 19.0. The summed E-state index contributed by atoms with van der Waals surface area (Å²) >= 11 is 0. The second-order valence-electron chi connectivity index (χ2n) is 7.53.